The zero-order valence-electron chi connectivity index (χ0n) is 11.9. The molecule has 6 heteroatoms. The molecule has 108 valence electrons. The highest BCUT2D eigenvalue weighted by Gasteiger charge is 2.28. The first-order valence-electron chi connectivity index (χ1n) is 6.48. The number of nitrogens with one attached hydrogen (secondary N) is 1. The number of benzene rings is 1. The predicted molar refractivity (Wildman–Crippen MR) is 82.9 cm³/mol. The van der Waals surface area contributed by atoms with Gasteiger partial charge in [-0.05, 0) is 32.9 Å². The molecule has 0 fully saturated rings. The van der Waals surface area contributed by atoms with E-state index in [0.717, 1.165) is 18.0 Å². The van der Waals surface area contributed by atoms with Crippen molar-refractivity contribution in [1.82, 2.24) is 5.01 Å². The van der Waals surface area contributed by atoms with Crippen LogP contribution in [0.25, 0.3) is 0 Å². The highest BCUT2D eigenvalue weighted by Crippen LogP contribution is 2.20. The molecule has 1 aromatic carbocycles. The van der Waals surface area contributed by atoms with E-state index < -0.39 is 11.7 Å². The van der Waals surface area contributed by atoms with Crippen LogP contribution in [0.2, 0.25) is 0 Å². The van der Waals surface area contributed by atoms with E-state index in [0.29, 0.717) is 5.17 Å². The normalized spacial score (nSPS) is 14.7. The second-order valence-electron chi connectivity index (χ2n) is 5.31. The molecule has 0 saturated carbocycles. The first kappa shape index (κ1) is 14.7. The van der Waals surface area contributed by atoms with Crippen molar-refractivity contribution in [3.8, 4) is 0 Å². The van der Waals surface area contributed by atoms with E-state index in [1.54, 1.807) is 0 Å². The summed E-state index contributed by atoms with van der Waals surface area (Å²) in [4.78, 5) is 16.6. The van der Waals surface area contributed by atoms with Gasteiger partial charge in [-0.3, -0.25) is 10.4 Å². The number of hydrogen-bond acceptors (Lipinski definition) is 5. The van der Waals surface area contributed by atoms with Crippen LogP contribution in [0.1, 0.15) is 20.8 Å². The number of anilines is 1. The summed E-state index contributed by atoms with van der Waals surface area (Å²) in [6.07, 6.45) is -0.450. The molecule has 1 aliphatic rings. The average molecular weight is 293 g/mol. The summed E-state index contributed by atoms with van der Waals surface area (Å²) in [6, 6.07) is 9.50. The molecular formula is C14H19N3O2S. The Labute approximate surface area is 123 Å². The Hall–Kier alpha value is -1.69. The molecule has 2 rings (SSSR count). The lowest BCUT2D eigenvalue weighted by molar-refractivity contribution is 0.0404. The SMILES string of the molecule is CC(C)(C)OC(=O)N(Nc1ccccc1)C1=NCCS1. The van der Waals surface area contributed by atoms with Gasteiger partial charge in [-0.1, -0.05) is 30.0 Å². The largest absolute Gasteiger partial charge is 0.442 e. The molecule has 0 atom stereocenters. The average Bonchev–Trinajstić information content (AvgIpc) is 2.88. The number of hydrogen-bond donors (Lipinski definition) is 1. The maximum atomic E-state index is 12.3. The van der Waals surface area contributed by atoms with Crippen LogP contribution in [0.4, 0.5) is 10.5 Å². The zero-order chi connectivity index (χ0) is 14.6. The first-order chi connectivity index (χ1) is 9.46. The fraction of sp³-hybridized carbons (Fsp3) is 0.429. The Bertz CT molecular complexity index is 497. The Kier molecular flexibility index (Phi) is 4.54. The monoisotopic (exact) mass is 293 g/mol. The second-order valence-corrected chi connectivity index (χ2v) is 6.37. The molecule has 1 aliphatic heterocycles. The molecule has 0 bridgehead atoms. The van der Waals surface area contributed by atoms with Gasteiger partial charge in [-0.2, -0.15) is 5.01 Å². The van der Waals surface area contributed by atoms with Gasteiger partial charge in [0.25, 0.3) is 0 Å². The number of hydrazine groups is 1. The van der Waals surface area contributed by atoms with Crippen molar-refractivity contribution in [2.75, 3.05) is 17.7 Å². The van der Waals surface area contributed by atoms with Crippen molar-refractivity contribution in [2.24, 2.45) is 4.99 Å². The summed E-state index contributed by atoms with van der Waals surface area (Å²) in [5.41, 5.74) is 3.32. The number of rotatable bonds is 2. The van der Waals surface area contributed by atoms with Gasteiger partial charge in [0.05, 0.1) is 12.2 Å². The molecule has 0 aliphatic carbocycles. The number of nitrogens with zero attached hydrogens (tertiary/aromatic N) is 2. The summed E-state index contributed by atoms with van der Waals surface area (Å²) >= 11 is 1.54. The van der Waals surface area contributed by atoms with Gasteiger partial charge >= 0.3 is 6.09 Å². The molecule has 0 radical (unpaired) electrons. The van der Waals surface area contributed by atoms with Crippen LogP contribution in [0.15, 0.2) is 35.3 Å². The molecule has 0 unspecified atom stereocenters. The van der Waals surface area contributed by atoms with Crippen LogP contribution in [0, 0.1) is 0 Å². The van der Waals surface area contributed by atoms with Crippen LogP contribution in [0.3, 0.4) is 0 Å². The minimum Gasteiger partial charge on any atom is -0.442 e. The topological polar surface area (TPSA) is 53.9 Å². The van der Waals surface area contributed by atoms with E-state index in [-0.39, 0.29) is 0 Å². The van der Waals surface area contributed by atoms with E-state index in [1.807, 2.05) is 51.1 Å². The highest BCUT2D eigenvalue weighted by molar-refractivity contribution is 8.14. The molecule has 1 N–H and O–H groups in total. The number of ether oxygens (including phenoxy) is 1. The van der Waals surface area contributed by atoms with Crippen molar-refractivity contribution in [3.05, 3.63) is 30.3 Å². The summed E-state index contributed by atoms with van der Waals surface area (Å²) in [5.74, 6) is 0.880. The molecule has 5 nitrogen and oxygen atoms in total. The number of carbonyl (C=O) groups is 1. The van der Waals surface area contributed by atoms with Crippen molar-refractivity contribution in [2.45, 2.75) is 26.4 Å². The number of para-hydroxylation sites is 1. The van der Waals surface area contributed by atoms with Crippen LogP contribution < -0.4 is 5.43 Å². The molecule has 0 aromatic heterocycles. The molecule has 1 heterocycles. The van der Waals surface area contributed by atoms with Crippen molar-refractivity contribution in [3.63, 3.8) is 0 Å². The minimum atomic E-state index is -0.544. The van der Waals surface area contributed by atoms with Crippen molar-refractivity contribution < 1.29 is 9.53 Å². The molecular weight excluding hydrogens is 274 g/mol. The van der Waals surface area contributed by atoms with Gasteiger partial charge in [0, 0.05) is 5.75 Å². The predicted octanol–water partition coefficient (Wildman–Crippen LogP) is 3.35. The van der Waals surface area contributed by atoms with Gasteiger partial charge in [0.1, 0.15) is 5.60 Å². The third-order valence-corrected chi connectivity index (χ3v) is 3.31. The quantitative estimate of drug-likeness (QED) is 0.850. The van der Waals surface area contributed by atoms with E-state index >= 15 is 0 Å². The molecule has 0 saturated heterocycles. The maximum Gasteiger partial charge on any atom is 0.435 e. The first-order valence-corrected chi connectivity index (χ1v) is 7.46. The van der Waals surface area contributed by atoms with Crippen LogP contribution in [0.5, 0.6) is 0 Å². The van der Waals surface area contributed by atoms with Crippen LogP contribution in [-0.2, 0) is 4.74 Å². The van der Waals surface area contributed by atoms with E-state index in [1.165, 1.54) is 16.8 Å². The summed E-state index contributed by atoms with van der Waals surface area (Å²) in [5, 5.41) is 2.02. The van der Waals surface area contributed by atoms with Crippen LogP contribution in [-0.4, -0.2) is 34.2 Å². The number of amides is 1. The van der Waals surface area contributed by atoms with Crippen molar-refractivity contribution >= 4 is 28.7 Å². The lowest BCUT2D eigenvalue weighted by Gasteiger charge is -2.27. The Morgan fingerprint density at radius 2 is 2.05 bits per heavy atom. The van der Waals surface area contributed by atoms with Gasteiger partial charge in [0.15, 0.2) is 5.17 Å². The maximum absolute atomic E-state index is 12.3. The minimum absolute atomic E-state index is 0.450. The van der Waals surface area contributed by atoms with E-state index in [4.69, 9.17) is 4.74 Å². The molecule has 1 amide bonds. The summed E-state index contributed by atoms with van der Waals surface area (Å²) in [6.45, 7) is 6.25. The molecule has 0 spiro atoms. The third kappa shape index (κ3) is 4.16. The lowest BCUT2D eigenvalue weighted by atomic mass is 10.2. The summed E-state index contributed by atoms with van der Waals surface area (Å²) < 4.78 is 5.41. The van der Waals surface area contributed by atoms with E-state index in [9.17, 15) is 4.79 Å². The van der Waals surface area contributed by atoms with E-state index in [2.05, 4.69) is 10.4 Å². The van der Waals surface area contributed by atoms with Gasteiger partial charge in [-0.25, -0.2) is 4.79 Å². The fourth-order valence-corrected chi connectivity index (χ4v) is 2.38. The van der Waals surface area contributed by atoms with Gasteiger partial charge < -0.3 is 4.74 Å². The molecule has 20 heavy (non-hydrogen) atoms. The fourth-order valence-electron chi connectivity index (χ4n) is 1.58. The van der Waals surface area contributed by atoms with Crippen molar-refractivity contribution in [1.29, 1.82) is 0 Å². The molecule has 1 aromatic rings. The Morgan fingerprint density at radius 1 is 1.35 bits per heavy atom. The smallest absolute Gasteiger partial charge is 0.435 e. The highest BCUT2D eigenvalue weighted by atomic mass is 32.2. The number of amidine groups is 1. The zero-order valence-corrected chi connectivity index (χ0v) is 12.7. The second kappa shape index (κ2) is 6.17. The van der Waals surface area contributed by atoms with Crippen LogP contribution >= 0.6 is 11.8 Å². The number of carbonyl (C=O) groups excluding carboxylic acids is 1. The van der Waals surface area contributed by atoms with Gasteiger partial charge in [0.2, 0.25) is 0 Å². The third-order valence-electron chi connectivity index (χ3n) is 2.35. The Balaban J connectivity index is 2.15. The standard InChI is InChI=1S/C14H19N3O2S/c1-14(2,3)19-13(18)17(12-15-9-10-20-12)16-11-7-5-4-6-8-11/h4-8,16H,9-10H2,1-3H3. The number of thioether (sulfide) groups is 1. The lowest BCUT2D eigenvalue weighted by Crippen LogP contribution is -2.42. The summed E-state index contributed by atoms with van der Waals surface area (Å²) in [7, 11) is 0. The number of aliphatic imine (C=N–C) groups is 1. The Morgan fingerprint density at radius 3 is 2.60 bits per heavy atom. The van der Waals surface area contributed by atoms with Gasteiger partial charge in [-0.15, -0.1) is 0 Å².